The van der Waals surface area contributed by atoms with Crippen LogP contribution < -0.4 is 16.4 Å². The van der Waals surface area contributed by atoms with Crippen molar-refractivity contribution in [2.75, 3.05) is 0 Å². The first kappa shape index (κ1) is 12.1. The number of imide groups is 1. The van der Waals surface area contributed by atoms with Crippen LogP contribution in [0, 0.1) is 17.2 Å². The predicted octanol–water partition coefficient (Wildman–Crippen LogP) is -0.131. The van der Waals surface area contributed by atoms with Gasteiger partial charge >= 0.3 is 6.03 Å². The lowest BCUT2D eigenvalue weighted by Gasteiger charge is -2.38. The quantitative estimate of drug-likeness (QED) is 0.653. The number of nitrogens with zero attached hydrogens (tertiary/aromatic N) is 1. The van der Waals surface area contributed by atoms with Crippen LogP contribution in [0.3, 0.4) is 0 Å². The largest absolute Gasteiger partial charge is 0.469 e. The number of carbonyl (C=O) groups excluding carboxylic acids is 2. The van der Waals surface area contributed by atoms with E-state index >= 15 is 0 Å². The fourth-order valence-electron chi connectivity index (χ4n) is 2.46. The molecule has 3 heterocycles. The lowest BCUT2D eigenvalue weighted by atomic mass is 9.80. The topological polar surface area (TPSA) is 130 Å². The molecule has 4 N–H and O–H groups in total. The van der Waals surface area contributed by atoms with Gasteiger partial charge in [0.2, 0.25) is 11.8 Å². The van der Waals surface area contributed by atoms with Gasteiger partial charge in [-0.15, -0.1) is 0 Å². The second-order valence-corrected chi connectivity index (χ2v) is 4.41. The summed E-state index contributed by atoms with van der Waals surface area (Å²) in [6.07, 6.45) is 0.507. The molecule has 0 spiro atoms. The zero-order valence-electron chi connectivity index (χ0n) is 10.1. The van der Waals surface area contributed by atoms with E-state index in [1.54, 1.807) is 12.1 Å². The van der Waals surface area contributed by atoms with Crippen molar-refractivity contribution in [3.05, 3.63) is 35.6 Å². The smallest absolute Gasteiger partial charge is 0.324 e. The normalized spacial score (nSPS) is 28.9. The molecule has 2 aliphatic rings. The van der Waals surface area contributed by atoms with Gasteiger partial charge in [0.15, 0.2) is 6.23 Å². The Morgan fingerprint density at radius 3 is 2.85 bits per heavy atom. The minimum atomic E-state index is -0.927. The molecule has 3 unspecified atom stereocenters. The van der Waals surface area contributed by atoms with Crippen molar-refractivity contribution >= 4 is 11.9 Å². The third-order valence-electron chi connectivity index (χ3n) is 3.30. The highest BCUT2D eigenvalue weighted by Gasteiger charge is 2.49. The van der Waals surface area contributed by atoms with E-state index in [4.69, 9.17) is 14.9 Å². The number of ether oxygens (including phenoxy) is 1. The molecule has 0 aliphatic carbocycles. The molecular formula is C12H10N4O4. The number of nitrogens with two attached hydrogens (primary N) is 1. The predicted molar refractivity (Wildman–Crippen MR) is 63.3 cm³/mol. The van der Waals surface area contributed by atoms with E-state index in [-0.39, 0.29) is 11.5 Å². The lowest BCUT2D eigenvalue weighted by molar-refractivity contribution is -0.133. The van der Waals surface area contributed by atoms with Gasteiger partial charge in [0.25, 0.3) is 0 Å². The van der Waals surface area contributed by atoms with E-state index < -0.39 is 30.0 Å². The highest BCUT2D eigenvalue weighted by molar-refractivity contribution is 5.99. The molecular weight excluding hydrogens is 264 g/mol. The van der Waals surface area contributed by atoms with Gasteiger partial charge in [0, 0.05) is 0 Å². The maximum absolute atomic E-state index is 12.0. The Balaban J connectivity index is 2.11. The van der Waals surface area contributed by atoms with Gasteiger partial charge in [-0.2, -0.15) is 5.26 Å². The van der Waals surface area contributed by atoms with Gasteiger partial charge in [0.1, 0.15) is 23.3 Å². The summed E-state index contributed by atoms with van der Waals surface area (Å²) in [6.45, 7) is 0. The molecule has 8 nitrogen and oxygen atoms in total. The Hall–Kier alpha value is -2.95. The van der Waals surface area contributed by atoms with Crippen LogP contribution in [-0.4, -0.2) is 18.2 Å². The van der Waals surface area contributed by atoms with Crippen LogP contribution in [-0.2, 0) is 9.53 Å². The van der Waals surface area contributed by atoms with E-state index in [1.165, 1.54) is 6.26 Å². The molecule has 2 aliphatic heterocycles. The summed E-state index contributed by atoms with van der Waals surface area (Å²) in [5, 5.41) is 13.8. The van der Waals surface area contributed by atoms with Crippen LogP contribution in [0.15, 0.2) is 34.3 Å². The second kappa shape index (κ2) is 4.31. The molecule has 3 rings (SSSR count). The first-order chi connectivity index (χ1) is 9.61. The van der Waals surface area contributed by atoms with Crippen LogP contribution in [0.5, 0.6) is 0 Å². The van der Waals surface area contributed by atoms with Crippen LogP contribution >= 0.6 is 0 Å². The molecule has 1 saturated heterocycles. The Morgan fingerprint density at radius 1 is 1.40 bits per heavy atom. The van der Waals surface area contributed by atoms with Crippen molar-refractivity contribution in [3.63, 3.8) is 0 Å². The summed E-state index contributed by atoms with van der Waals surface area (Å²) in [5.74, 6) is -1.77. The number of urea groups is 1. The van der Waals surface area contributed by atoms with Crippen molar-refractivity contribution in [2.45, 2.75) is 12.1 Å². The summed E-state index contributed by atoms with van der Waals surface area (Å²) in [5.41, 5.74) is 5.80. The number of hydrogen-bond donors (Lipinski definition) is 3. The van der Waals surface area contributed by atoms with Crippen LogP contribution in [0.4, 0.5) is 4.79 Å². The summed E-state index contributed by atoms with van der Waals surface area (Å²) >= 11 is 0. The molecule has 0 radical (unpaired) electrons. The zero-order chi connectivity index (χ0) is 14.3. The molecule has 102 valence electrons. The molecule has 0 saturated carbocycles. The van der Waals surface area contributed by atoms with E-state index in [2.05, 4.69) is 10.6 Å². The average Bonchev–Trinajstić information content (AvgIpc) is 2.90. The van der Waals surface area contributed by atoms with Gasteiger partial charge in [-0.1, -0.05) is 0 Å². The summed E-state index contributed by atoms with van der Waals surface area (Å²) < 4.78 is 10.6. The Bertz CT molecular complexity index is 643. The zero-order valence-corrected chi connectivity index (χ0v) is 10.1. The van der Waals surface area contributed by atoms with Gasteiger partial charge in [-0.25, -0.2) is 4.79 Å². The number of amides is 3. The van der Waals surface area contributed by atoms with Gasteiger partial charge < -0.3 is 20.2 Å². The fourth-order valence-corrected chi connectivity index (χ4v) is 2.46. The maximum atomic E-state index is 12.0. The number of allylic oxidation sites excluding steroid dienone is 1. The number of hydrogen-bond acceptors (Lipinski definition) is 6. The number of furan rings is 1. The molecule has 20 heavy (non-hydrogen) atoms. The average molecular weight is 274 g/mol. The Kier molecular flexibility index (Phi) is 2.61. The van der Waals surface area contributed by atoms with Gasteiger partial charge in [0.05, 0.1) is 12.2 Å². The number of rotatable bonds is 1. The second-order valence-electron chi connectivity index (χ2n) is 4.41. The van der Waals surface area contributed by atoms with Crippen molar-refractivity contribution in [3.8, 4) is 6.07 Å². The fraction of sp³-hybridized carbons (Fsp3) is 0.250. The molecule has 3 amide bonds. The highest BCUT2D eigenvalue weighted by Crippen LogP contribution is 2.40. The Morgan fingerprint density at radius 2 is 2.20 bits per heavy atom. The number of fused-ring (bicyclic) bond motifs is 1. The van der Waals surface area contributed by atoms with Crippen LogP contribution in [0.2, 0.25) is 0 Å². The molecule has 1 fully saturated rings. The summed E-state index contributed by atoms with van der Waals surface area (Å²) in [4.78, 5) is 23.4. The van der Waals surface area contributed by atoms with Crippen molar-refractivity contribution in [1.29, 1.82) is 5.26 Å². The molecule has 0 aromatic carbocycles. The molecule has 8 heteroatoms. The minimum absolute atomic E-state index is 0.104. The van der Waals surface area contributed by atoms with Crippen molar-refractivity contribution in [1.82, 2.24) is 10.6 Å². The van der Waals surface area contributed by atoms with Crippen molar-refractivity contribution < 1.29 is 18.7 Å². The summed E-state index contributed by atoms with van der Waals surface area (Å²) in [6, 6.07) is 4.55. The lowest BCUT2D eigenvalue weighted by Crippen LogP contribution is -2.62. The molecule has 1 aromatic heterocycles. The summed E-state index contributed by atoms with van der Waals surface area (Å²) in [7, 11) is 0. The van der Waals surface area contributed by atoms with Crippen molar-refractivity contribution in [2.24, 2.45) is 11.7 Å². The van der Waals surface area contributed by atoms with E-state index in [1.807, 2.05) is 6.07 Å². The first-order valence-electron chi connectivity index (χ1n) is 5.83. The van der Waals surface area contributed by atoms with Gasteiger partial charge in [-0.05, 0) is 12.1 Å². The van der Waals surface area contributed by atoms with Crippen LogP contribution in [0.25, 0.3) is 0 Å². The number of carbonyl (C=O) groups is 2. The standard InChI is InChI=1S/C12H10N4O4/c13-4-5-7(6-2-1-3-19-6)8-10(17)15-12(18)16-11(8)20-9(5)14/h1-3,7-8,11H,14H2,(H2,15,16,17,18). The number of nitrogens with one attached hydrogen (secondary N) is 2. The third-order valence-corrected chi connectivity index (χ3v) is 3.30. The van der Waals surface area contributed by atoms with E-state index in [0.717, 1.165) is 0 Å². The third kappa shape index (κ3) is 1.68. The Labute approximate surface area is 113 Å². The van der Waals surface area contributed by atoms with E-state index in [9.17, 15) is 14.9 Å². The molecule has 3 atom stereocenters. The highest BCUT2D eigenvalue weighted by atomic mass is 16.5. The monoisotopic (exact) mass is 274 g/mol. The number of nitriles is 1. The minimum Gasteiger partial charge on any atom is -0.469 e. The SMILES string of the molecule is N#CC1=C(N)OC2NC(=O)NC(=O)C2C1c1ccco1. The van der Waals surface area contributed by atoms with Crippen LogP contribution in [0.1, 0.15) is 11.7 Å². The van der Waals surface area contributed by atoms with E-state index in [0.29, 0.717) is 5.76 Å². The molecule has 0 bridgehead atoms. The first-order valence-corrected chi connectivity index (χ1v) is 5.83. The van der Waals surface area contributed by atoms with Gasteiger partial charge in [-0.3, -0.25) is 10.1 Å². The maximum Gasteiger partial charge on any atom is 0.324 e. The molecule has 1 aromatic rings.